The fourth-order valence-corrected chi connectivity index (χ4v) is 5.48. The highest BCUT2D eigenvalue weighted by atomic mass is 16.5. The largest absolute Gasteiger partial charge is 0.494 e. The van der Waals surface area contributed by atoms with Crippen LogP contribution in [0.5, 0.6) is 5.75 Å². The molecule has 6 N–H and O–H groups in total. The van der Waals surface area contributed by atoms with Crippen LogP contribution in [0.3, 0.4) is 0 Å². The molecule has 0 bridgehead atoms. The molecule has 2 unspecified atom stereocenters. The van der Waals surface area contributed by atoms with E-state index in [1.807, 2.05) is 20.8 Å². The minimum Gasteiger partial charge on any atom is -0.494 e. The van der Waals surface area contributed by atoms with Crippen molar-refractivity contribution in [2.75, 3.05) is 6.61 Å². The number of hydrogen-bond donors (Lipinski definition) is 4. The minimum atomic E-state index is -0.549. The number of hydrogen-bond acceptors (Lipinski definition) is 7. The minimum absolute atomic E-state index is 0.0929. The first-order valence-corrected chi connectivity index (χ1v) is 14.2. The van der Waals surface area contributed by atoms with Crippen LogP contribution in [0.15, 0.2) is 47.5 Å². The summed E-state index contributed by atoms with van der Waals surface area (Å²) >= 11 is 0. The number of aliphatic hydroxyl groups excluding tert-OH is 1. The van der Waals surface area contributed by atoms with Crippen molar-refractivity contribution >= 4 is 23.8 Å². The predicted octanol–water partition coefficient (Wildman–Crippen LogP) is 3.57. The van der Waals surface area contributed by atoms with Crippen LogP contribution in [-0.2, 0) is 23.3 Å². The lowest BCUT2D eigenvalue weighted by Crippen LogP contribution is -2.46. The van der Waals surface area contributed by atoms with E-state index in [0.29, 0.717) is 36.4 Å². The second-order valence-corrected chi connectivity index (χ2v) is 10.3. The van der Waals surface area contributed by atoms with Gasteiger partial charge in [-0.05, 0) is 67.5 Å². The van der Waals surface area contributed by atoms with Gasteiger partial charge in [-0.2, -0.15) is 0 Å². The second-order valence-electron chi connectivity index (χ2n) is 10.3. The molecule has 1 spiro atoms. The van der Waals surface area contributed by atoms with Crippen molar-refractivity contribution in [2.24, 2.45) is 16.5 Å². The van der Waals surface area contributed by atoms with Crippen LogP contribution >= 0.6 is 0 Å². The molecule has 2 amide bonds. The van der Waals surface area contributed by atoms with E-state index in [9.17, 15) is 14.7 Å². The van der Waals surface area contributed by atoms with Gasteiger partial charge in [0.1, 0.15) is 12.0 Å². The highest BCUT2D eigenvalue weighted by Gasteiger charge is 2.53. The number of carbonyl (C=O) groups is 2. The number of allylic oxidation sites excluding steroid dienone is 1. The number of rotatable bonds is 9. The van der Waals surface area contributed by atoms with Crippen molar-refractivity contribution in [1.29, 1.82) is 0 Å². The molecule has 2 heterocycles. The summed E-state index contributed by atoms with van der Waals surface area (Å²) in [6.45, 7) is 7.14. The number of aliphatic hydroxyl groups is 1. The van der Waals surface area contributed by atoms with Gasteiger partial charge in [-0.15, -0.1) is 0 Å². The zero-order chi connectivity index (χ0) is 28.9. The van der Waals surface area contributed by atoms with Gasteiger partial charge >= 0.3 is 0 Å². The number of primary amides is 1. The molecular formula is C31H41N5O4. The van der Waals surface area contributed by atoms with Gasteiger partial charge in [-0.3, -0.25) is 19.8 Å². The molecule has 3 aliphatic rings. The van der Waals surface area contributed by atoms with Gasteiger partial charge in [0.25, 0.3) is 0 Å². The van der Waals surface area contributed by atoms with Gasteiger partial charge in [-0.1, -0.05) is 44.2 Å². The molecule has 2 aliphatic heterocycles. The second kappa shape index (κ2) is 12.7. The van der Waals surface area contributed by atoms with Crippen molar-refractivity contribution in [2.45, 2.75) is 83.6 Å². The third-order valence-electron chi connectivity index (χ3n) is 7.72. The average Bonchev–Trinajstić information content (AvgIpc) is 3.74. The third kappa shape index (κ3) is 6.21. The van der Waals surface area contributed by atoms with Crippen LogP contribution in [-0.4, -0.2) is 46.7 Å². The standard InChI is InChI=1S/C29H35N5O4.C2H6/c1-2-38-24-10-8-19(26(30)36)14-21(24)17-34-25(35)15-22(33-28(34)31)6-4-3-5-18-7-9-23-20(13-18)16-32-27(37)29(23)11-12-29;1-2/h3,5,7-10,13-14,22,27,32,37H,2,4,6,11-12,15-17H2,1H3,(H2,30,36)(H2,31,33);1-2H3/b5-3-;. The zero-order valence-electron chi connectivity index (χ0n) is 23.7. The quantitative estimate of drug-likeness (QED) is 0.378. The summed E-state index contributed by atoms with van der Waals surface area (Å²) in [5, 5.41) is 13.5. The Balaban J connectivity index is 0.00000181. The van der Waals surface area contributed by atoms with Crippen molar-refractivity contribution in [1.82, 2.24) is 10.2 Å². The first-order chi connectivity index (χ1) is 19.3. The Morgan fingerprint density at radius 2 is 2.02 bits per heavy atom. The van der Waals surface area contributed by atoms with E-state index in [-0.39, 0.29) is 36.3 Å². The number of benzene rings is 2. The topological polar surface area (TPSA) is 143 Å². The van der Waals surface area contributed by atoms with E-state index in [1.165, 1.54) is 16.0 Å². The van der Waals surface area contributed by atoms with E-state index in [0.717, 1.165) is 24.8 Å². The summed E-state index contributed by atoms with van der Waals surface area (Å²) in [7, 11) is 0. The summed E-state index contributed by atoms with van der Waals surface area (Å²) in [4.78, 5) is 30.6. The molecule has 214 valence electrons. The smallest absolute Gasteiger partial charge is 0.248 e. The van der Waals surface area contributed by atoms with Crippen LogP contribution in [0.1, 0.15) is 85.5 Å². The lowest BCUT2D eigenvalue weighted by atomic mass is 9.85. The van der Waals surface area contributed by atoms with Crippen molar-refractivity contribution in [3.05, 3.63) is 70.3 Å². The molecule has 1 saturated carbocycles. The Labute approximate surface area is 236 Å². The first kappa shape index (κ1) is 29.3. The maximum absolute atomic E-state index is 13.0. The summed E-state index contributed by atoms with van der Waals surface area (Å²) < 4.78 is 5.66. The maximum Gasteiger partial charge on any atom is 0.248 e. The number of guanidine groups is 1. The molecule has 1 fully saturated rings. The highest BCUT2D eigenvalue weighted by Crippen LogP contribution is 2.53. The van der Waals surface area contributed by atoms with Crippen LogP contribution in [0, 0.1) is 0 Å². The van der Waals surface area contributed by atoms with Crippen LogP contribution in [0.4, 0.5) is 0 Å². The highest BCUT2D eigenvalue weighted by molar-refractivity contribution is 5.98. The molecule has 2 aromatic carbocycles. The molecule has 40 heavy (non-hydrogen) atoms. The predicted molar refractivity (Wildman–Crippen MR) is 157 cm³/mol. The molecule has 1 aliphatic carbocycles. The molecule has 5 rings (SSSR count). The normalized spacial score (nSPS) is 20.9. The Hall–Kier alpha value is -3.69. The van der Waals surface area contributed by atoms with Crippen LogP contribution in [0.2, 0.25) is 0 Å². The van der Waals surface area contributed by atoms with Gasteiger partial charge in [0, 0.05) is 29.5 Å². The molecule has 0 radical (unpaired) electrons. The Kier molecular flexibility index (Phi) is 9.27. The van der Waals surface area contributed by atoms with E-state index < -0.39 is 12.1 Å². The fourth-order valence-electron chi connectivity index (χ4n) is 5.48. The van der Waals surface area contributed by atoms with Crippen molar-refractivity contribution in [3.63, 3.8) is 0 Å². The van der Waals surface area contributed by atoms with Crippen LogP contribution < -0.4 is 21.5 Å². The number of fused-ring (bicyclic) bond motifs is 2. The Bertz CT molecular complexity index is 1300. The monoisotopic (exact) mass is 547 g/mol. The van der Waals surface area contributed by atoms with Gasteiger partial charge in [0.15, 0.2) is 5.96 Å². The lowest BCUT2D eigenvalue weighted by molar-refractivity contribution is -0.128. The number of amides is 2. The molecule has 0 aromatic heterocycles. The van der Waals surface area contributed by atoms with Gasteiger partial charge in [0.2, 0.25) is 11.8 Å². The number of nitrogens with one attached hydrogen (secondary N) is 1. The summed E-state index contributed by atoms with van der Waals surface area (Å²) in [6, 6.07) is 11.2. The summed E-state index contributed by atoms with van der Waals surface area (Å²) in [5.41, 5.74) is 16.2. The van der Waals surface area contributed by atoms with Gasteiger partial charge in [-0.25, -0.2) is 4.99 Å². The molecule has 9 nitrogen and oxygen atoms in total. The molecule has 2 aromatic rings. The van der Waals surface area contributed by atoms with Crippen molar-refractivity contribution < 1.29 is 19.4 Å². The molecule has 9 heteroatoms. The zero-order valence-corrected chi connectivity index (χ0v) is 23.7. The van der Waals surface area contributed by atoms with Gasteiger partial charge in [0.05, 0.1) is 19.2 Å². The Morgan fingerprint density at radius 3 is 2.70 bits per heavy atom. The van der Waals surface area contributed by atoms with E-state index >= 15 is 0 Å². The fraction of sp³-hybridized carbons (Fsp3) is 0.452. The van der Waals surface area contributed by atoms with Gasteiger partial charge < -0.3 is 21.3 Å². The number of nitrogens with zero attached hydrogens (tertiary/aromatic N) is 2. The molecule has 2 atom stereocenters. The Morgan fingerprint density at radius 1 is 1.25 bits per heavy atom. The van der Waals surface area contributed by atoms with E-state index in [1.54, 1.807) is 18.2 Å². The molecular weight excluding hydrogens is 506 g/mol. The van der Waals surface area contributed by atoms with Crippen molar-refractivity contribution in [3.8, 4) is 5.75 Å². The first-order valence-electron chi connectivity index (χ1n) is 14.2. The number of aliphatic imine (C=N–C) groups is 1. The summed E-state index contributed by atoms with van der Waals surface area (Å²) in [5.74, 6) is 0.0795. The average molecular weight is 548 g/mol. The van der Waals surface area contributed by atoms with E-state index in [2.05, 4.69) is 40.7 Å². The third-order valence-corrected chi connectivity index (χ3v) is 7.72. The van der Waals surface area contributed by atoms with E-state index in [4.69, 9.17) is 16.2 Å². The number of carbonyl (C=O) groups excluding carboxylic acids is 2. The van der Waals surface area contributed by atoms with Crippen LogP contribution in [0.25, 0.3) is 6.08 Å². The molecule has 0 saturated heterocycles. The number of ether oxygens (including phenoxy) is 1. The maximum atomic E-state index is 13.0. The number of nitrogens with two attached hydrogens (primary N) is 2. The SMILES string of the molecule is CC.CCOc1ccc(C(N)=O)cc1CN1C(=O)CC(CC/C=C\c2ccc3c(c2)CNC(O)C32CC2)N=C1N. The lowest BCUT2D eigenvalue weighted by Gasteiger charge is -2.31. The summed E-state index contributed by atoms with van der Waals surface area (Å²) in [6.07, 6.45) is 7.54.